The zero-order chi connectivity index (χ0) is 11.8. The van der Waals surface area contributed by atoms with Gasteiger partial charge in [0.2, 0.25) is 0 Å². The summed E-state index contributed by atoms with van der Waals surface area (Å²) in [6.07, 6.45) is 5.07. The number of halogens is 1. The van der Waals surface area contributed by atoms with Crippen molar-refractivity contribution in [2.75, 3.05) is 5.73 Å². The van der Waals surface area contributed by atoms with Gasteiger partial charge in [-0.1, -0.05) is 11.6 Å². The average molecular weight is 246 g/mol. The number of fused-ring (bicyclic) bond motifs is 1. The lowest BCUT2D eigenvalue weighted by molar-refractivity contribution is 0.966. The molecule has 84 valence electrons. The smallest absolute Gasteiger partial charge is 0.183 e. The van der Waals surface area contributed by atoms with Crippen molar-refractivity contribution < 1.29 is 0 Å². The quantitative estimate of drug-likeness (QED) is 0.712. The van der Waals surface area contributed by atoms with E-state index in [0.717, 1.165) is 5.56 Å². The van der Waals surface area contributed by atoms with Crippen molar-refractivity contribution in [1.82, 2.24) is 19.6 Å². The summed E-state index contributed by atoms with van der Waals surface area (Å²) in [5, 5.41) is 4.83. The van der Waals surface area contributed by atoms with Gasteiger partial charge in [0.15, 0.2) is 11.5 Å². The van der Waals surface area contributed by atoms with E-state index < -0.39 is 0 Å². The fourth-order valence-electron chi connectivity index (χ4n) is 1.59. The van der Waals surface area contributed by atoms with E-state index in [-0.39, 0.29) is 0 Å². The molecule has 6 heteroatoms. The first-order valence-electron chi connectivity index (χ1n) is 4.96. The van der Waals surface area contributed by atoms with Gasteiger partial charge in [0.25, 0.3) is 0 Å². The summed E-state index contributed by atoms with van der Waals surface area (Å²) >= 11 is 5.90. The zero-order valence-electron chi connectivity index (χ0n) is 8.71. The third kappa shape index (κ3) is 1.70. The Bertz CT molecular complexity index is 677. The zero-order valence-corrected chi connectivity index (χ0v) is 9.46. The molecule has 0 bridgehead atoms. The minimum Gasteiger partial charge on any atom is -0.396 e. The molecule has 0 aliphatic heterocycles. The van der Waals surface area contributed by atoms with Crippen molar-refractivity contribution >= 4 is 22.9 Å². The molecule has 0 saturated heterocycles. The van der Waals surface area contributed by atoms with Crippen molar-refractivity contribution in [1.29, 1.82) is 0 Å². The second-order valence-electron chi connectivity index (χ2n) is 3.56. The molecule has 0 radical (unpaired) electrons. The van der Waals surface area contributed by atoms with Crippen LogP contribution in [0.3, 0.4) is 0 Å². The van der Waals surface area contributed by atoms with E-state index in [9.17, 15) is 0 Å². The Morgan fingerprint density at radius 1 is 1.35 bits per heavy atom. The topological polar surface area (TPSA) is 69.1 Å². The minimum absolute atomic E-state index is 0.500. The van der Waals surface area contributed by atoms with Crippen LogP contribution in [0.2, 0.25) is 5.02 Å². The number of nitrogen functional groups attached to an aromatic ring is 1. The molecule has 0 saturated carbocycles. The summed E-state index contributed by atoms with van der Waals surface area (Å²) in [5.74, 6) is 0.576. The first-order chi connectivity index (χ1) is 8.24. The normalized spacial score (nSPS) is 10.9. The maximum atomic E-state index is 5.90. The van der Waals surface area contributed by atoms with Crippen LogP contribution in [0.1, 0.15) is 0 Å². The maximum Gasteiger partial charge on any atom is 0.183 e. The number of pyridine rings is 2. The van der Waals surface area contributed by atoms with Gasteiger partial charge in [-0.25, -0.2) is 9.50 Å². The molecule has 0 aromatic carbocycles. The molecular formula is C11H8ClN5. The lowest BCUT2D eigenvalue weighted by Crippen LogP contribution is -1.93. The van der Waals surface area contributed by atoms with Crippen molar-refractivity contribution in [3.63, 3.8) is 0 Å². The minimum atomic E-state index is 0.500. The molecule has 3 heterocycles. The van der Waals surface area contributed by atoms with E-state index in [2.05, 4.69) is 15.1 Å². The van der Waals surface area contributed by atoms with Crippen LogP contribution in [0.5, 0.6) is 0 Å². The van der Waals surface area contributed by atoms with Gasteiger partial charge < -0.3 is 5.73 Å². The third-order valence-electron chi connectivity index (χ3n) is 2.35. The molecule has 0 spiro atoms. The van der Waals surface area contributed by atoms with Gasteiger partial charge in [-0.15, -0.1) is 5.10 Å². The van der Waals surface area contributed by atoms with Gasteiger partial charge in [-0.2, -0.15) is 0 Å². The van der Waals surface area contributed by atoms with Crippen molar-refractivity contribution in [3.05, 3.63) is 41.8 Å². The van der Waals surface area contributed by atoms with Gasteiger partial charge in [-0.05, 0) is 18.2 Å². The standard InChI is InChI=1S/C11H8ClN5/c12-8-4-9(13)11-15-10(16-17(11)6-8)7-2-1-3-14-5-7/h1-6H,13H2. The van der Waals surface area contributed by atoms with Gasteiger partial charge in [0.05, 0.1) is 10.7 Å². The Labute approximate surface area is 102 Å². The highest BCUT2D eigenvalue weighted by Crippen LogP contribution is 2.21. The third-order valence-corrected chi connectivity index (χ3v) is 2.55. The molecule has 3 rings (SSSR count). The van der Waals surface area contributed by atoms with E-state index in [1.807, 2.05) is 12.1 Å². The van der Waals surface area contributed by atoms with Crippen molar-refractivity contribution in [2.24, 2.45) is 0 Å². The van der Waals surface area contributed by atoms with Crippen molar-refractivity contribution in [2.45, 2.75) is 0 Å². The van der Waals surface area contributed by atoms with Crippen molar-refractivity contribution in [3.8, 4) is 11.4 Å². The van der Waals surface area contributed by atoms with Crippen LogP contribution in [0, 0.1) is 0 Å². The molecule has 17 heavy (non-hydrogen) atoms. The number of rotatable bonds is 1. The number of nitrogens with two attached hydrogens (primary N) is 1. The van der Waals surface area contributed by atoms with E-state index in [1.54, 1.807) is 29.2 Å². The lowest BCUT2D eigenvalue weighted by atomic mass is 10.3. The fourth-order valence-corrected chi connectivity index (χ4v) is 1.80. The van der Waals surface area contributed by atoms with Gasteiger partial charge in [0, 0.05) is 24.2 Å². The SMILES string of the molecule is Nc1cc(Cl)cn2nc(-c3cccnc3)nc12. The first-order valence-corrected chi connectivity index (χ1v) is 5.33. The predicted molar refractivity (Wildman–Crippen MR) is 65.6 cm³/mol. The molecule has 0 aliphatic rings. The molecule has 2 N–H and O–H groups in total. The van der Waals surface area contributed by atoms with Crippen LogP contribution in [0.4, 0.5) is 5.69 Å². The van der Waals surface area contributed by atoms with Crippen LogP contribution in [0.15, 0.2) is 36.8 Å². The van der Waals surface area contributed by atoms with Crippen LogP contribution < -0.4 is 5.73 Å². The van der Waals surface area contributed by atoms with Crippen LogP contribution in [-0.4, -0.2) is 19.6 Å². The Morgan fingerprint density at radius 3 is 3.00 bits per heavy atom. The highest BCUT2D eigenvalue weighted by atomic mass is 35.5. The Balaban J connectivity index is 2.24. The Kier molecular flexibility index (Phi) is 2.19. The number of aromatic nitrogens is 4. The molecular weight excluding hydrogens is 238 g/mol. The number of hydrogen-bond acceptors (Lipinski definition) is 4. The van der Waals surface area contributed by atoms with Crippen LogP contribution in [-0.2, 0) is 0 Å². The fraction of sp³-hybridized carbons (Fsp3) is 0. The number of anilines is 1. The van der Waals surface area contributed by atoms with Gasteiger partial charge in [-0.3, -0.25) is 4.98 Å². The highest BCUT2D eigenvalue weighted by molar-refractivity contribution is 6.30. The second-order valence-corrected chi connectivity index (χ2v) is 4.00. The second kappa shape index (κ2) is 3.71. The molecule has 3 aromatic heterocycles. The number of hydrogen-bond donors (Lipinski definition) is 1. The summed E-state index contributed by atoms with van der Waals surface area (Å²) in [6, 6.07) is 5.37. The van der Waals surface area contributed by atoms with E-state index >= 15 is 0 Å². The lowest BCUT2D eigenvalue weighted by Gasteiger charge is -1.95. The van der Waals surface area contributed by atoms with Gasteiger partial charge >= 0.3 is 0 Å². The first kappa shape index (κ1) is 10.0. The summed E-state index contributed by atoms with van der Waals surface area (Å²) < 4.78 is 1.57. The molecule has 0 amide bonds. The van der Waals surface area contributed by atoms with Crippen LogP contribution in [0.25, 0.3) is 17.0 Å². The molecule has 0 aliphatic carbocycles. The monoisotopic (exact) mass is 245 g/mol. The predicted octanol–water partition coefficient (Wildman–Crippen LogP) is 2.03. The van der Waals surface area contributed by atoms with E-state index in [1.165, 1.54) is 0 Å². The Hall–Kier alpha value is -2.14. The van der Waals surface area contributed by atoms with E-state index in [0.29, 0.717) is 22.2 Å². The summed E-state index contributed by atoms with van der Waals surface area (Å²) in [7, 11) is 0. The van der Waals surface area contributed by atoms with E-state index in [4.69, 9.17) is 17.3 Å². The summed E-state index contributed by atoms with van der Waals surface area (Å²) in [5.41, 5.74) is 7.76. The van der Waals surface area contributed by atoms with Gasteiger partial charge in [0.1, 0.15) is 0 Å². The molecule has 0 atom stereocenters. The van der Waals surface area contributed by atoms with Crippen LogP contribution >= 0.6 is 11.6 Å². The molecule has 0 unspecified atom stereocenters. The maximum absolute atomic E-state index is 5.90. The average Bonchev–Trinajstić information content (AvgIpc) is 2.74. The molecule has 3 aromatic rings. The molecule has 0 fully saturated rings. The summed E-state index contributed by atoms with van der Waals surface area (Å²) in [6.45, 7) is 0. The number of nitrogens with zero attached hydrogens (tertiary/aromatic N) is 4. The highest BCUT2D eigenvalue weighted by Gasteiger charge is 2.09. The largest absolute Gasteiger partial charge is 0.396 e. The summed E-state index contributed by atoms with van der Waals surface area (Å²) in [4.78, 5) is 8.38. The Morgan fingerprint density at radius 2 is 2.24 bits per heavy atom. The molecule has 5 nitrogen and oxygen atoms in total.